The molecule has 0 rings (SSSR count). The molecule has 0 aromatic carbocycles. The Morgan fingerprint density at radius 1 is 1.43 bits per heavy atom. The third-order valence-electron chi connectivity index (χ3n) is 1.25. The molecule has 0 fully saturated rings. The molecule has 84 valence electrons. The van der Waals surface area contributed by atoms with Gasteiger partial charge in [0.1, 0.15) is 0 Å². The van der Waals surface area contributed by atoms with Gasteiger partial charge in [0.15, 0.2) is 0 Å². The average Bonchev–Trinajstić information content (AvgIpc) is 2.05. The lowest BCUT2D eigenvalue weighted by Gasteiger charge is -1.93. The van der Waals surface area contributed by atoms with E-state index in [1.807, 2.05) is 6.08 Å². The largest absolute Gasteiger partial charge is 0.490 e. The summed E-state index contributed by atoms with van der Waals surface area (Å²) in [4.78, 5) is 8.90. The summed E-state index contributed by atoms with van der Waals surface area (Å²) in [6.45, 7) is 5.84. The summed E-state index contributed by atoms with van der Waals surface area (Å²) < 4.78 is 31.7. The van der Waals surface area contributed by atoms with Crippen LogP contribution in [0.1, 0.15) is 32.6 Å². The average molecular weight is 212 g/mol. The molecular weight excluding hydrogens is 197 g/mol. The Balaban J connectivity index is 0. The van der Waals surface area contributed by atoms with Crippen molar-refractivity contribution in [3.8, 4) is 0 Å². The van der Waals surface area contributed by atoms with E-state index in [9.17, 15) is 13.2 Å². The van der Waals surface area contributed by atoms with Crippen molar-refractivity contribution >= 4 is 5.97 Å². The van der Waals surface area contributed by atoms with Crippen LogP contribution < -0.4 is 0 Å². The smallest absolute Gasteiger partial charge is 0.475 e. The Hall–Kier alpha value is -1.00. The highest BCUT2D eigenvalue weighted by Gasteiger charge is 2.38. The Labute approximate surface area is 81.4 Å². The van der Waals surface area contributed by atoms with Crippen LogP contribution in [-0.2, 0) is 4.79 Å². The predicted octanol–water partition coefficient (Wildman–Crippen LogP) is 3.39. The fourth-order valence-corrected chi connectivity index (χ4v) is 0.539. The van der Waals surface area contributed by atoms with E-state index >= 15 is 0 Å². The first-order chi connectivity index (χ1) is 6.36. The van der Waals surface area contributed by atoms with E-state index in [-0.39, 0.29) is 0 Å². The number of unbranched alkanes of at least 4 members (excludes halogenated alkanes) is 3. The molecule has 14 heavy (non-hydrogen) atoms. The lowest BCUT2D eigenvalue weighted by atomic mass is 10.2. The van der Waals surface area contributed by atoms with Crippen LogP contribution in [0.4, 0.5) is 13.2 Å². The van der Waals surface area contributed by atoms with E-state index in [0.717, 1.165) is 0 Å². The van der Waals surface area contributed by atoms with Crippen molar-refractivity contribution in [1.82, 2.24) is 0 Å². The quantitative estimate of drug-likeness (QED) is 0.573. The number of carbonyl (C=O) groups is 1. The molecule has 5 heteroatoms. The lowest BCUT2D eigenvalue weighted by Crippen LogP contribution is -2.21. The van der Waals surface area contributed by atoms with Crippen LogP contribution in [0.3, 0.4) is 0 Å². The molecule has 0 heterocycles. The van der Waals surface area contributed by atoms with Gasteiger partial charge in [0, 0.05) is 0 Å². The fraction of sp³-hybridized carbons (Fsp3) is 0.667. The minimum absolute atomic E-state index is 1.19. The van der Waals surface area contributed by atoms with Gasteiger partial charge < -0.3 is 5.11 Å². The van der Waals surface area contributed by atoms with Gasteiger partial charge in [0.2, 0.25) is 0 Å². The molecule has 1 N–H and O–H groups in total. The summed E-state index contributed by atoms with van der Waals surface area (Å²) in [6, 6.07) is 0. The molecule has 0 unspecified atom stereocenters. The standard InChI is InChI=1S/C7H14.C2HF3O2/c1-3-5-7-6-4-2;3-2(4,5)1(6)7/h3H,1,4-7H2,2H3;(H,6,7). The van der Waals surface area contributed by atoms with E-state index in [1.165, 1.54) is 25.7 Å². The monoisotopic (exact) mass is 212 g/mol. The first kappa shape index (κ1) is 15.5. The van der Waals surface area contributed by atoms with Crippen LogP contribution in [-0.4, -0.2) is 17.3 Å². The summed E-state index contributed by atoms with van der Waals surface area (Å²) in [5.74, 6) is -2.76. The lowest BCUT2D eigenvalue weighted by molar-refractivity contribution is -0.192. The van der Waals surface area contributed by atoms with Crippen molar-refractivity contribution in [2.75, 3.05) is 0 Å². The maximum absolute atomic E-state index is 10.6. The third-order valence-corrected chi connectivity index (χ3v) is 1.25. The molecule has 0 bridgehead atoms. The molecule has 0 saturated heterocycles. The Bertz CT molecular complexity index is 164. The molecular formula is C9H15F3O2. The molecule has 0 atom stereocenters. The summed E-state index contributed by atoms with van der Waals surface area (Å²) in [5, 5.41) is 7.12. The van der Waals surface area contributed by atoms with Gasteiger partial charge >= 0.3 is 12.1 Å². The summed E-state index contributed by atoms with van der Waals surface area (Å²) >= 11 is 0. The van der Waals surface area contributed by atoms with Crippen LogP contribution in [0, 0.1) is 0 Å². The number of halogens is 3. The van der Waals surface area contributed by atoms with E-state index in [0.29, 0.717) is 0 Å². The van der Waals surface area contributed by atoms with Gasteiger partial charge in [-0.1, -0.05) is 25.8 Å². The second-order valence-electron chi connectivity index (χ2n) is 2.59. The van der Waals surface area contributed by atoms with Gasteiger partial charge in [-0.25, -0.2) is 4.79 Å². The van der Waals surface area contributed by atoms with E-state index in [2.05, 4.69) is 13.5 Å². The number of alkyl halides is 3. The van der Waals surface area contributed by atoms with Gasteiger partial charge in [-0.05, 0) is 12.8 Å². The number of allylic oxidation sites excluding steroid dienone is 1. The maximum atomic E-state index is 10.6. The van der Waals surface area contributed by atoms with Crippen molar-refractivity contribution < 1.29 is 23.1 Å². The highest BCUT2D eigenvalue weighted by atomic mass is 19.4. The molecule has 0 aliphatic rings. The SMILES string of the molecule is C=CCCCCC.O=C(O)C(F)(F)F. The minimum Gasteiger partial charge on any atom is -0.475 e. The maximum Gasteiger partial charge on any atom is 0.490 e. The Morgan fingerprint density at radius 2 is 1.86 bits per heavy atom. The van der Waals surface area contributed by atoms with Crippen LogP contribution in [0.2, 0.25) is 0 Å². The zero-order chi connectivity index (χ0) is 11.6. The molecule has 0 spiro atoms. The first-order valence-corrected chi connectivity index (χ1v) is 4.27. The predicted molar refractivity (Wildman–Crippen MR) is 48.0 cm³/mol. The molecule has 0 aromatic heterocycles. The number of carboxylic acid groups (broad SMARTS) is 1. The van der Waals surface area contributed by atoms with Crippen molar-refractivity contribution in [1.29, 1.82) is 0 Å². The first-order valence-electron chi connectivity index (χ1n) is 4.27. The molecule has 0 saturated carbocycles. The van der Waals surface area contributed by atoms with E-state index in [1.54, 1.807) is 0 Å². The molecule has 0 radical (unpaired) electrons. The highest BCUT2D eigenvalue weighted by Crippen LogP contribution is 2.13. The van der Waals surface area contributed by atoms with Crippen molar-refractivity contribution in [3.05, 3.63) is 12.7 Å². The number of hydrogen-bond acceptors (Lipinski definition) is 1. The van der Waals surface area contributed by atoms with Gasteiger partial charge in [0.05, 0.1) is 0 Å². The molecule has 0 aromatic rings. The topological polar surface area (TPSA) is 37.3 Å². The van der Waals surface area contributed by atoms with Gasteiger partial charge in [-0.2, -0.15) is 13.2 Å². The summed E-state index contributed by atoms with van der Waals surface area (Å²) in [5.41, 5.74) is 0. The minimum atomic E-state index is -5.08. The number of rotatable bonds is 4. The van der Waals surface area contributed by atoms with E-state index < -0.39 is 12.1 Å². The zero-order valence-electron chi connectivity index (χ0n) is 8.10. The second kappa shape index (κ2) is 8.59. The van der Waals surface area contributed by atoms with Crippen LogP contribution >= 0.6 is 0 Å². The number of hydrogen-bond donors (Lipinski definition) is 1. The third kappa shape index (κ3) is 13.6. The van der Waals surface area contributed by atoms with E-state index in [4.69, 9.17) is 9.90 Å². The Morgan fingerprint density at radius 3 is 2.07 bits per heavy atom. The molecule has 2 nitrogen and oxygen atoms in total. The van der Waals surface area contributed by atoms with Gasteiger partial charge in [0.25, 0.3) is 0 Å². The normalized spacial score (nSPS) is 10.0. The summed E-state index contributed by atoms with van der Waals surface area (Å²) in [7, 11) is 0. The number of aliphatic carboxylic acids is 1. The van der Waals surface area contributed by atoms with Gasteiger partial charge in [-0.3, -0.25) is 0 Å². The highest BCUT2D eigenvalue weighted by molar-refractivity contribution is 5.73. The molecule has 0 aliphatic heterocycles. The number of carboxylic acids is 1. The summed E-state index contributed by atoms with van der Waals surface area (Å²) in [6.07, 6.45) is 2.07. The van der Waals surface area contributed by atoms with Gasteiger partial charge in [-0.15, -0.1) is 6.58 Å². The molecule has 0 amide bonds. The second-order valence-corrected chi connectivity index (χ2v) is 2.59. The van der Waals surface area contributed by atoms with Crippen LogP contribution in [0.5, 0.6) is 0 Å². The van der Waals surface area contributed by atoms with Crippen LogP contribution in [0.15, 0.2) is 12.7 Å². The molecule has 0 aliphatic carbocycles. The zero-order valence-corrected chi connectivity index (χ0v) is 8.10. The van der Waals surface area contributed by atoms with Crippen molar-refractivity contribution in [2.24, 2.45) is 0 Å². The Kier molecular flexibility index (Phi) is 9.49. The van der Waals surface area contributed by atoms with Crippen molar-refractivity contribution in [3.63, 3.8) is 0 Å². The fourth-order valence-electron chi connectivity index (χ4n) is 0.539. The van der Waals surface area contributed by atoms with Crippen LogP contribution in [0.25, 0.3) is 0 Å². The van der Waals surface area contributed by atoms with Crippen molar-refractivity contribution in [2.45, 2.75) is 38.8 Å².